The van der Waals surface area contributed by atoms with Crippen LogP contribution >= 0.6 is 0 Å². The maximum atomic E-state index is 13.0. The van der Waals surface area contributed by atoms with Gasteiger partial charge in [-0.25, -0.2) is 4.79 Å². The average molecular weight is 453 g/mol. The second-order valence-corrected chi connectivity index (χ2v) is 7.97. The first-order valence-electron chi connectivity index (χ1n) is 11.5. The molecule has 1 aliphatic heterocycles. The van der Waals surface area contributed by atoms with Gasteiger partial charge in [-0.1, -0.05) is 52.4 Å². The minimum Gasteiger partial charge on any atom is -0.492 e. The number of amides is 1. The van der Waals surface area contributed by atoms with E-state index in [9.17, 15) is 14.9 Å². The van der Waals surface area contributed by atoms with E-state index < -0.39 is 17.1 Å². The molecule has 0 N–H and O–H groups in total. The number of methoxy groups -OCH3 is 1. The molecule has 1 atom stereocenters. The van der Waals surface area contributed by atoms with Crippen molar-refractivity contribution >= 4 is 11.8 Å². The molecule has 1 unspecified atom stereocenters. The molecule has 0 radical (unpaired) electrons. The summed E-state index contributed by atoms with van der Waals surface area (Å²) in [6.07, 6.45) is 7.00. The van der Waals surface area contributed by atoms with Gasteiger partial charge in [-0.05, 0) is 19.8 Å². The smallest absolute Gasteiger partial charge is 0.410 e. The molecule has 0 aromatic heterocycles. The predicted molar refractivity (Wildman–Crippen MR) is 121 cm³/mol. The van der Waals surface area contributed by atoms with E-state index in [1.807, 2.05) is 0 Å². The zero-order valence-corrected chi connectivity index (χ0v) is 19.7. The molecular formula is C23H36N2O7. The number of unbranched alkanes of at least 4 members (excludes halogenated alkanes) is 6. The number of rotatable bonds is 14. The van der Waals surface area contributed by atoms with Crippen LogP contribution in [0, 0.1) is 10.1 Å². The van der Waals surface area contributed by atoms with Gasteiger partial charge in [-0.15, -0.1) is 0 Å². The summed E-state index contributed by atoms with van der Waals surface area (Å²) < 4.78 is 21.8. The number of fused-ring (bicyclic) bond motifs is 1. The summed E-state index contributed by atoms with van der Waals surface area (Å²) in [5, 5.41) is 11.7. The van der Waals surface area contributed by atoms with Crippen molar-refractivity contribution in [1.29, 1.82) is 0 Å². The van der Waals surface area contributed by atoms with Crippen LogP contribution in [0.2, 0.25) is 0 Å². The van der Waals surface area contributed by atoms with Crippen LogP contribution in [0.1, 0.15) is 83.8 Å². The quantitative estimate of drug-likeness (QED) is 0.194. The summed E-state index contributed by atoms with van der Waals surface area (Å²) >= 11 is 0. The number of hydrogen-bond donors (Lipinski definition) is 0. The first-order chi connectivity index (χ1) is 15.4. The fourth-order valence-corrected chi connectivity index (χ4v) is 3.80. The molecular weight excluding hydrogens is 416 g/mol. The third-order valence-corrected chi connectivity index (χ3v) is 5.54. The van der Waals surface area contributed by atoms with Gasteiger partial charge in [-0.2, -0.15) is 0 Å². The molecule has 0 saturated heterocycles. The molecule has 2 rings (SSSR count). The average Bonchev–Trinajstić information content (AvgIpc) is 3.25. The van der Waals surface area contributed by atoms with Gasteiger partial charge in [0, 0.05) is 13.1 Å². The maximum Gasteiger partial charge on any atom is 0.410 e. The maximum absolute atomic E-state index is 13.0. The number of benzene rings is 1. The van der Waals surface area contributed by atoms with Crippen LogP contribution in [0.25, 0.3) is 0 Å². The highest BCUT2D eigenvalue weighted by Gasteiger charge is 2.35. The third kappa shape index (κ3) is 6.64. The molecule has 32 heavy (non-hydrogen) atoms. The lowest BCUT2D eigenvalue weighted by molar-refractivity contribution is -0.386. The summed E-state index contributed by atoms with van der Waals surface area (Å²) in [6, 6.07) is 1.29. The van der Waals surface area contributed by atoms with Crippen LogP contribution in [-0.2, 0) is 4.74 Å². The zero-order valence-electron chi connectivity index (χ0n) is 19.7. The van der Waals surface area contributed by atoms with E-state index in [1.54, 1.807) is 11.8 Å². The molecule has 0 aliphatic carbocycles. The van der Waals surface area contributed by atoms with E-state index in [1.165, 1.54) is 13.2 Å². The molecule has 0 saturated carbocycles. The lowest BCUT2D eigenvalue weighted by Crippen LogP contribution is -2.34. The highest BCUT2D eigenvalue weighted by atomic mass is 16.7. The van der Waals surface area contributed by atoms with Crippen LogP contribution in [0.4, 0.5) is 10.5 Å². The van der Waals surface area contributed by atoms with Crippen molar-refractivity contribution in [3.05, 3.63) is 21.7 Å². The minimum absolute atomic E-state index is 0.0518. The first-order valence-corrected chi connectivity index (χ1v) is 11.5. The molecule has 180 valence electrons. The van der Waals surface area contributed by atoms with Gasteiger partial charge in [0.05, 0.1) is 18.1 Å². The van der Waals surface area contributed by atoms with E-state index >= 15 is 0 Å². The largest absolute Gasteiger partial charge is 0.492 e. The van der Waals surface area contributed by atoms with Crippen LogP contribution in [-0.4, -0.2) is 42.9 Å². The standard InChI is InChI=1S/C23H36N2O7/c1-5-7-9-11-13-24(14-12-10-8-6-2)23(26)32-17(3)20-18(25(27)28)15-19-21(22(20)29-4)31-16-30-19/h15,17H,5-14,16H2,1-4H3. The molecule has 0 spiro atoms. The third-order valence-electron chi connectivity index (χ3n) is 5.54. The Hall–Kier alpha value is -2.71. The monoisotopic (exact) mass is 452 g/mol. The minimum atomic E-state index is -0.902. The molecule has 1 aromatic carbocycles. The lowest BCUT2D eigenvalue weighted by atomic mass is 10.1. The molecule has 1 heterocycles. The van der Waals surface area contributed by atoms with Crippen molar-refractivity contribution in [2.24, 2.45) is 0 Å². The summed E-state index contributed by atoms with van der Waals surface area (Å²) in [4.78, 5) is 25.9. The fraction of sp³-hybridized carbons (Fsp3) is 0.696. The zero-order chi connectivity index (χ0) is 23.5. The summed E-state index contributed by atoms with van der Waals surface area (Å²) in [6.45, 7) is 7.06. The van der Waals surface area contributed by atoms with Crippen LogP contribution in [0.5, 0.6) is 17.2 Å². The topological polar surface area (TPSA) is 100 Å². The Morgan fingerprint density at radius 2 is 1.75 bits per heavy atom. The Morgan fingerprint density at radius 1 is 1.12 bits per heavy atom. The number of carbonyl (C=O) groups is 1. The van der Waals surface area contributed by atoms with E-state index in [0.29, 0.717) is 13.1 Å². The Bertz CT molecular complexity index is 757. The number of carbonyl (C=O) groups excluding carboxylic acids is 1. The van der Waals surface area contributed by atoms with Crippen molar-refractivity contribution in [2.75, 3.05) is 27.0 Å². The molecule has 0 bridgehead atoms. The van der Waals surface area contributed by atoms with E-state index in [4.69, 9.17) is 18.9 Å². The lowest BCUT2D eigenvalue weighted by Gasteiger charge is -2.25. The molecule has 1 amide bonds. The van der Waals surface area contributed by atoms with Crippen molar-refractivity contribution in [1.82, 2.24) is 4.90 Å². The predicted octanol–water partition coefficient (Wildman–Crippen LogP) is 5.99. The molecule has 0 fully saturated rings. The summed E-state index contributed by atoms with van der Waals surface area (Å²) in [5.74, 6) is 0.681. The Labute approximate surface area is 190 Å². The van der Waals surface area contributed by atoms with Gasteiger partial charge >= 0.3 is 6.09 Å². The summed E-state index contributed by atoms with van der Waals surface area (Å²) in [5.41, 5.74) is -0.0733. The molecule has 9 nitrogen and oxygen atoms in total. The highest BCUT2D eigenvalue weighted by molar-refractivity contribution is 5.70. The van der Waals surface area contributed by atoms with Crippen molar-refractivity contribution in [2.45, 2.75) is 78.2 Å². The molecule has 1 aromatic rings. The van der Waals surface area contributed by atoms with Crippen molar-refractivity contribution in [3.63, 3.8) is 0 Å². The molecule has 9 heteroatoms. The van der Waals surface area contributed by atoms with Crippen LogP contribution in [0.15, 0.2) is 6.07 Å². The molecule has 1 aliphatic rings. The Morgan fingerprint density at radius 3 is 2.28 bits per heavy atom. The second kappa shape index (κ2) is 13.0. The van der Waals surface area contributed by atoms with Crippen molar-refractivity contribution in [3.8, 4) is 17.2 Å². The van der Waals surface area contributed by atoms with Crippen molar-refractivity contribution < 1.29 is 28.7 Å². The first kappa shape index (κ1) is 25.5. The van der Waals surface area contributed by atoms with E-state index in [2.05, 4.69) is 13.8 Å². The highest BCUT2D eigenvalue weighted by Crippen LogP contribution is 2.50. The number of ether oxygens (including phenoxy) is 4. The number of nitro groups is 1. The van der Waals surface area contributed by atoms with Gasteiger partial charge in [0.25, 0.3) is 5.69 Å². The second-order valence-electron chi connectivity index (χ2n) is 7.97. The number of nitro benzene ring substituents is 1. The normalized spacial score (nSPS) is 13.0. The van der Waals surface area contributed by atoms with Gasteiger partial charge in [0.1, 0.15) is 11.7 Å². The van der Waals surface area contributed by atoms with Gasteiger partial charge < -0.3 is 23.8 Å². The van der Waals surface area contributed by atoms with Gasteiger partial charge in [-0.3, -0.25) is 10.1 Å². The number of hydrogen-bond acceptors (Lipinski definition) is 7. The van der Waals surface area contributed by atoms with Crippen LogP contribution < -0.4 is 14.2 Å². The SMILES string of the molecule is CCCCCCN(CCCCCC)C(=O)OC(C)c1c([N+](=O)[O-])cc2c(c1OC)OCO2. The Kier molecular flexibility index (Phi) is 10.4. The Balaban J connectivity index is 2.19. The van der Waals surface area contributed by atoms with E-state index in [-0.39, 0.29) is 35.3 Å². The fourth-order valence-electron chi connectivity index (χ4n) is 3.80. The van der Waals surface area contributed by atoms with E-state index in [0.717, 1.165) is 51.4 Å². The van der Waals surface area contributed by atoms with Crippen LogP contribution in [0.3, 0.4) is 0 Å². The van der Waals surface area contributed by atoms with Gasteiger partial charge in [0.15, 0.2) is 11.5 Å². The number of nitrogens with zero attached hydrogens (tertiary/aromatic N) is 2. The van der Waals surface area contributed by atoms with Gasteiger partial charge in [0.2, 0.25) is 12.5 Å². The summed E-state index contributed by atoms with van der Waals surface area (Å²) in [7, 11) is 1.40.